The first-order valence-corrected chi connectivity index (χ1v) is 8.33. The van der Waals surface area contributed by atoms with Gasteiger partial charge in [-0.3, -0.25) is 4.57 Å². The molecular formula is C16H17F3N4O6. The van der Waals surface area contributed by atoms with E-state index in [1.54, 1.807) is 0 Å². The zero-order chi connectivity index (χ0) is 21.0. The smallest absolute Gasteiger partial charge is 0.464 e. The lowest BCUT2D eigenvalue weighted by molar-refractivity contribution is -0.389. The molecule has 2 heterocycles. The van der Waals surface area contributed by atoms with Gasteiger partial charge in [-0.2, -0.15) is 0 Å². The van der Waals surface area contributed by atoms with Gasteiger partial charge in [0, 0.05) is 25.2 Å². The van der Waals surface area contributed by atoms with E-state index in [0.717, 1.165) is 6.07 Å². The predicted octanol–water partition coefficient (Wildman–Crippen LogP) is 2.22. The molecule has 29 heavy (non-hydrogen) atoms. The fraction of sp³-hybridized carbons (Fsp3) is 0.438. The van der Waals surface area contributed by atoms with Gasteiger partial charge >= 0.3 is 18.2 Å². The molecule has 2 aromatic rings. The molecule has 1 aromatic heterocycles. The van der Waals surface area contributed by atoms with Crippen LogP contribution in [-0.4, -0.2) is 47.4 Å². The van der Waals surface area contributed by atoms with E-state index in [9.17, 15) is 23.3 Å². The van der Waals surface area contributed by atoms with Crippen molar-refractivity contribution in [1.82, 2.24) is 14.9 Å². The maximum atomic E-state index is 12.5. The van der Waals surface area contributed by atoms with Gasteiger partial charge in [0.25, 0.3) is 0 Å². The first kappa shape index (κ1) is 20.7. The van der Waals surface area contributed by atoms with Crippen LogP contribution in [0.2, 0.25) is 0 Å². The van der Waals surface area contributed by atoms with Gasteiger partial charge in [0.05, 0.1) is 6.04 Å². The highest BCUT2D eigenvalue weighted by atomic mass is 19.4. The maximum Gasteiger partial charge on any atom is 0.573 e. The van der Waals surface area contributed by atoms with Crippen molar-refractivity contribution in [2.45, 2.75) is 25.5 Å². The summed E-state index contributed by atoms with van der Waals surface area (Å²) in [6.07, 6.45) is -3.57. The number of hydrogen-bond acceptors (Lipinski definition) is 8. The van der Waals surface area contributed by atoms with E-state index in [4.69, 9.17) is 14.2 Å². The molecule has 1 aliphatic heterocycles. The summed E-state index contributed by atoms with van der Waals surface area (Å²) < 4.78 is 58.3. The van der Waals surface area contributed by atoms with Crippen LogP contribution in [0.1, 0.15) is 5.56 Å². The van der Waals surface area contributed by atoms with Crippen LogP contribution in [0.5, 0.6) is 17.5 Å². The lowest BCUT2D eigenvalue weighted by Gasteiger charge is -2.23. The van der Waals surface area contributed by atoms with Crippen molar-refractivity contribution in [3.8, 4) is 17.5 Å². The van der Waals surface area contributed by atoms with Crippen LogP contribution >= 0.6 is 0 Å². The van der Waals surface area contributed by atoms with E-state index in [0.29, 0.717) is 12.1 Å². The van der Waals surface area contributed by atoms with Crippen LogP contribution in [0, 0.1) is 10.1 Å². The third-order valence-electron chi connectivity index (χ3n) is 3.91. The van der Waals surface area contributed by atoms with Crippen molar-refractivity contribution >= 4 is 5.82 Å². The van der Waals surface area contributed by atoms with Crippen LogP contribution in [-0.2, 0) is 17.8 Å². The SMILES string of the molecule is COCOc1cc(CN[C@@H]2COc3nc([N+](=O)[O-])cn3C2)ccc1OC(F)(F)F. The number of fused-ring (bicyclic) bond motifs is 1. The number of benzene rings is 1. The van der Waals surface area contributed by atoms with Gasteiger partial charge in [0.2, 0.25) is 0 Å². The molecule has 13 heteroatoms. The molecule has 0 unspecified atom stereocenters. The molecule has 1 N–H and O–H groups in total. The number of hydrogen-bond donors (Lipinski definition) is 1. The summed E-state index contributed by atoms with van der Waals surface area (Å²) in [5, 5.41) is 14.0. The van der Waals surface area contributed by atoms with E-state index in [-0.39, 0.29) is 43.6 Å². The molecular weight excluding hydrogens is 401 g/mol. The third-order valence-corrected chi connectivity index (χ3v) is 3.91. The Hall–Kier alpha value is -3.06. The Morgan fingerprint density at radius 3 is 2.90 bits per heavy atom. The van der Waals surface area contributed by atoms with Gasteiger partial charge in [-0.25, -0.2) is 0 Å². The molecule has 158 valence electrons. The lowest BCUT2D eigenvalue weighted by Crippen LogP contribution is -2.41. The summed E-state index contributed by atoms with van der Waals surface area (Å²) in [6.45, 7) is 0.661. The maximum absolute atomic E-state index is 12.5. The van der Waals surface area contributed by atoms with Crippen LogP contribution in [0.25, 0.3) is 0 Å². The number of nitrogens with one attached hydrogen (secondary N) is 1. The Morgan fingerprint density at radius 2 is 2.21 bits per heavy atom. The van der Waals surface area contributed by atoms with E-state index in [1.165, 1.54) is 30.0 Å². The van der Waals surface area contributed by atoms with Gasteiger partial charge in [-0.15, -0.1) is 13.2 Å². The van der Waals surface area contributed by atoms with E-state index in [2.05, 4.69) is 15.0 Å². The molecule has 0 spiro atoms. The summed E-state index contributed by atoms with van der Waals surface area (Å²) in [4.78, 5) is 13.9. The topological polar surface area (TPSA) is 110 Å². The van der Waals surface area contributed by atoms with E-state index in [1.807, 2.05) is 0 Å². The molecule has 0 saturated heterocycles. The average Bonchev–Trinajstić information content (AvgIpc) is 3.08. The quantitative estimate of drug-likeness (QED) is 0.395. The largest absolute Gasteiger partial charge is 0.573 e. The molecule has 10 nitrogen and oxygen atoms in total. The molecule has 1 atom stereocenters. The van der Waals surface area contributed by atoms with Gasteiger partial charge in [0.15, 0.2) is 18.3 Å². The summed E-state index contributed by atoms with van der Waals surface area (Å²) in [6, 6.07) is 4.00. The Morgan fingerprint density at radius 1 is 1.41 bits per heavy atom. The van der Waals surface area contributed by atoms with Crippen molar-refractivity contribution < 1.29 is 37.0 Å². The molecule has 1 aromatic carbocycles. The first-order chi connectivity index (χ1) is 13.7. The molecule has 1 aliphatic rings. The van der Waals surface area contributed by atoms with Gasteiger partial charge in [-0.1, -0.05) is 6.07 Å². The van der Waals surface area contributed by atoms with Crippen molar-refractivity contribution in [3.63, 3.8) is 0 Å². The molecule has 0 fully saturated rings. The summed E-state index contributed by atoms with van der Waals surface area (Å²) in [7, 11) is 1.34. The fourth-order valence-electron chi connectivity index (χ4n) is 2.68. The van der Waals surface area contributed by atoms with Crippen LogP contribution in [0.3, 0.4) is 0 Å². The van der Waals surface area contributed by atoms with Crippen molar-refractivity contribution in [2.24, 2.45) is 0 Å². The minimum atomic E-state index is -4.85. The number of aromatic nitrogens is 2. The second kappa shape index (κ2) is 8.53. The Labute approximate surface area is 162 Å². The van der Waals surface area contributed by atoms with E-state index >= 15 is 0 Å². The van der Waals surface area contributed by atoms with E-state index < -0.39 is 17.0 Å². The monoisotopic (exact) mass is 418 g/mol. The average molecular weight is 418 g/mol. The van der Waals surface area contributed by atoms with Crippen LogP contribution in [0.4, 0.5) is 19.0 Å². The minimum Gasteiger partial charge on any atom is -0.464 e. The number of imidazole rings is 1. The molecule has 3 rings (SSSR count). The lowest BCUT2D eigenvalue weighted by atomic mass is 10.2. The van der Waals surface area contributed by atoms with Crippen molar-refractivity contribution in [3.05, 3.63) is 40.1 Å². The number of rotatable bonds is 8. The van der Waals surface area contributed by atoms with Gasteiger partial charge in [0.1, 0.15) is 12.8 Å². The number of alkyl halides is 3. The molecule has 0 saturated carbocycles. The van der Waals surface area contributed by atoms with Gasteiger partial charge in [-0.05, 0) is 22.6 Å². The fourth-order valence-corrected chi connectivity index (χ4v) is 2.68. The normalized spacial score (nSPS) is 16.1. The zero-order valence-electron chi connectivity index (χ0n) is 15.1. The second-order valence-electron chi connectivity index (χ2n) is 6.06. The molecule has 0 amide bonds. The van der Waals surface area contributed by atoms with Crippen molar-refractivity contribution in [1.29, 1.82) is 0 Å². The van der Waals surface area contributed by atoms with Gasteiger partial charge < -0.3 is 34.4 Å². The minimum absolute atomic E-state index is 0.115. The zero-order valence-corrected chi connectivity index (χ0v) is 15.1. The third kappa shape index (κ3) is 5.48. The second-order valence-corrected chi connectivity index (χ2v) is 6.06. The number of halogens is 3. The Balaban J connectivity index is 1.64. The number of nitro groups is 1. The molecule has 0 bridgehead atoms. The first-order valence-electron chi connectivity index (χ1n) is 8.33. The predicted molar refractivity (Wildman–Crippen MR) is 90.6 cm³/mol. The summed E-state index contributed by atoms with van der Waals surface area (Å²) in [5.41, 5.74) is 0.632. The van der Waals surface area contributed by atoms with Crippen LogP contribution in [0.15, 0.2) is 24.4 Å². The number of methoxy groups -OCH3 is 1. The van der Waals surface area contributed by atoms with Crippen molar-refractivity contribution in [2.75, 3.05) is 20.5 Å². The van der Waals surface area contributed by atoms with Crippen LogP contribution < -0.4 is 19.5 Å². The number of ether oxygens (including phenoxy) is 4. The Kier molecular flexibility index (Phi) is 6.08. The highest BCUT2D eigenvalue weighted by Gasteiger charge is 2.32. The number of nitrogens with zero attached hydrogens (tertiary/aromatic N) is 3. The highest BCUT2D eigenvalue weighted by molar-refractivity contribution is 5.43. The molecule has 0 radical (unpaired) electrons. The Bertz CT molecular complexity index is 873. The highest BCUT2D eigenvalue weighted by Crippen LogP contribution is 2.33. The summed E-state index contributed by atoms with van der Waals surface area (Å²) in [5.74, 6) is -0.897. The standard InChI is InChI=1S/C16H17F3N4O6/c1-26-9-28-13-4-10(2-3-12(13)29-16(17,18)19)5-20-11-6-22-7-14(23(24)25)21-15(22)27-8-11/h2-4,7,11,20H,5-6,8-9H2,1H3/t11-/m0/s1. The summed E-state index contributed by atoms with van der Waals surface area (Å²) >= 11 is 0. The molecule has 0 aliphatic carbocycles.